The van der Waals surface area contributed by atoms with Crippen molar-refractivity contribution in [2.24, 2.45) is 11.7 Å². The molecule has 1 unspecified atom stereocenters. The number of rotatable bonds is 2. The molecule has 0 aromatic carbocycles. The zero-order valence-corrected chi connectivity index (χ0v) is 8.54. The van der Waals surface area contributed by atoms with E-state index in [0.717, 1.165) is 5.92 Å². The van der Waals surface area contributed by atoms with Crippen LogP contribution in [0.3, 0.4) is 0 Å². The molecule has 12 heavy (non-hydrogen) atoms. The molecule has 1 atom stereocenters. The van der Waals surface area contributed by atoms with Crippen molar-refractivity contribution in [2.75, 3.05) is 11.5 Å². The predicted molar refractivity (Wildman–Crippen MR) is 55.4 cm³/mol. The first-order valence-corrected chi connectivity index (χ1v) is 6.31. The molecule has 0 spiro atoms. The quantitative estimate of drug-likeness (QED) is 0.715. The lowest BCUT2D eigenvalue weighted by Crippen LogP contribution is -2.38. The van der Waals surface area contributed by atoms with Gasteiger partial charge >= 0.3 is 0 Å². The third kappa shape index (κ3) is 1.97. The van der Waals surface area contributed by atoms with Crippen molar-refractivity contribution in [1.29, 1.82) is 0 Å². The Hall–Kier alpha value is 0.310. The van der Waals surface area contributed by atoms with Crippen LogP contribution in [0.4, 0.5) is 0 Å². The second-order valence-corrected chi connectivity index (χ2v) is 5.65. The summed E-state index contributed by atoms with van der Waals surface area (Å²) in [7, 11) is 0. The lowest BCUT2D eigenvalue weighted by atomic mass is 9.86. The van der Waals surface area contributed by atoms with Gasteiger partial charge in [0.1, 0.15) is 0 Å². The molecule has 1 heterocycles. The molecular weight excluding hydrogens is 166 g/mol. The Morgan fingerprint density at radius 1 is 1.33 bits per heavy atom. The first kappa shape index (κ1) is 8.89. The Labute approximate surface area is 79.5 Å². The summed E-state index contributed by atoms with van der Waals surface area (Å²) in [5.41, 5.74) is 6.58. The van der Waals surface area contributed by atoms with E-state index in [1.54, 1.807) is 0 Å². The fourth-order valence-corrected chi connectivity index (χ4v) is 3.89. The monoisotopic (exact) mass is 185 g/mol. The molecule has 70 valence electrons. The van der Waals surface area contributed by atoms with E-state index in [-0.39, 0.29) is 5.54 Å². The first-order valence-electron chi connectivity index (χ1n) is 5.15. The van der Waals surface area contributed by atoms with Crippen LogP contribution < -0.4 is 5.73 Å². The minimum absolute atomic E-state index is 0.246. The van der Waals surface area contributed by atoms with Crippen LogP contribution in [0.25, 0.3) is 0 Å². The average molecular weight is 185 g/mol. The van der Waals surface area contributed by atoms with Gasteiger partial charge in [0.2, 0.25) is 0 Å². The maximum absolute atomic E-state index is 6.33. The third-order valence-electron chi connectivity index (χ3n) is 3.32. The van der Waals surface area contributed by atoms with Gasteiger partial charge in [0.15, 0.2) is 0 Å². The zero-order chi connectivity index (χ0) is 8.44. The van der Waals surface area contributed by atoms with E-state index in [0.29, 0.717) is 0 Å². The third-order valence-corrected chi connectivity index (χ3v) is 4.55. The predicted octanol–water partition coefficient (Wildman–Crippen LogP) is 2.40. The molecule has 0 aromatic heterocycles. The van der Waals surface area contributed by atoms with E-state index < -0.39 is 0 Å². The van der Waals surface area contributed by atoms with Gasteiger partial charge in [-0.2, -0.15) is 11.8 Å². The second-order valence-electron chi connectivity index (χ2n) is 4.50. The van der Waals surface area contributed by atoms with Gasteiger partial charge < -0.3 is 5.73 Å². The van der Waals surface area contributed by atoms with E-state index in [4.69, 9.17) is 5.73 Å². The Morgan fingerprint density at radius 3 is 2.67 bits per heavy atom. The molecule has 1 nitrogen and oxygen atoms in total. The van der Waals surface area contributed by atoms with Crippen molar-refractivity contribution < 1.29 is 0 Å². The highest BCUT2D eigenvalue weighted by Gasteiger charge is 2.32. The van der Waals surface area contributed by atoms with Crippen LogP contribution in [-0.2, 0) is 0 Å². The van der Waals surface area contributed by atoms with Gasteiger partial charge in [-0.3, -0.25) is 0 Å². The van der Waals surface area contributed by atoms with Crippen molar-refractivity contribution in [3.05, 3.63) is 0 Å². The highest BCUT2D eigenvalue weighted by Crippen LogP contribution is 2.37. The highest BCUT2D eigenvalue weighted by atomic mass is 32.2. The van der Waals surface area contributed by atoms with Crippen LogP contribution in [0.15, 0.2) is 0 Å². The van der Waals surface area contributed by atoms with Gasteiger partial charge in [-0.15, -0.1) is 0 Å². The fourth-order valence-electron chi connectivity index (χ4n) is 2.60. The molecule has 0 bridgehead atoms. The van der Waals surface area contributed by atoms with Crippen LogP contribution in [0.1, 0.15) is 38.5 Å². The second kappa shape index (κ2) is 3.59. The molecule has 0 amide bonds. The van der Waals surface area contributed by atoms with Crippen molar-refractivity contribution in [1.82, 2.24) is 0 Å². The van der Waals surface area contributed by atoms with Crippen molar-refractivity contribution in [2.45, 2.75) is 44.1 Å². The van der Waals surface area contributed by atoms with Crippen LogP contribution in [-0.4, -0.2) is 17.0 Å². The van der Waals surface area contributed by atoms with E-state index in [2.05, 4.69) is 11.8 Å². The Morgan fingerprint density at radius 2 is 2.08 bits per heavy atom. The van der Waals surface area contributed by atoms with Gasteiger partial charge in [-0.25, -0.2) is 0 Å². The topological polar surface area (TPSA) is 26.0 Å². The number of thioether (sulfide) groups is 1. The smallest absolute Gasteiger partial charge is 0.0157 e. The molecule has 2 N–H and O–H groups in total. The summed E-state index contributed by atoms with van der Waals surface area (Å²) >= 11 is 2.11. The first-order chi connectivity index (χ1) is 5.79. The van der Waals surface area contributed by atoms with Crippen LogP contribution in [0.5, 0.6) is 0 Å². The van der Waals surface area contributed by atoms with Crippen molar-refractivity contribution in [3.63, 3.8) is 0 Å². The molecule has 0 aromatic rings. The largest absolute Gasteiger partial charge is 0.325 e. The molecule has 0 radical (unpaired) electrons. The molecule has 2 fully saturated rings. The summed E-state index contributed by atoms with van der Waals surface area (Å²) < 4.78 is 0. The van der Waals surface area contributed by atoms with Crippen molar-refractivity contribution >= 4 is 11.8 Å². The van der Waals surface area contributed by atoms with Gasteiger partial charge in [-0.1, -0.05) is 12.8 Å². The molecule has 1 aliphatic carbocycles. The SMILES string of the molecule is NC1(CC2CCSC2)CCCC1. The van der Waals surface area contributed by atoms with Gasteiger partial charge in [-0.05, 0) is 43.1 Å². The summed E-state index contributed by atoms with van der Waals surface area (Å²) in [4.78, 5) is 0. The fraction of sp³-hybridized carbons (Fsp3) is 1.00. The van der Waals surface area contributed by atoms with Crippen LogP contribution >= 0.6 is 11.8 Å². The Balaban J connectivity index is 1.83. The summed E-state index contributed by atoms with van der Waals surface area (Å²) in [6, 6.07) is 0. The Kier molecular flexibility index (Phi) is 2.66. The minimum Gasteiger partial charge on any atom is -0.325 e. The lowest BCUT2D eigenvalue weighted by Gasteiger charge is -2.26. The Bertz CT molecular complexity index is 146. The highest BCUT2D eigenvalue weighted by molar-refractivity contribution is 7.99. The molecule has 1 saturated carbocycles. The number of hydrogen-bond acceptors (Lipinski definition) is 2. The van der Waals surface area contributed by atoms with E-state index >= 15 is 0 Å². The molecule has 2 heteroatoms. The minimum atomic E-state index is 0.246. The molecule has 2 aliphatic rings. The van der Waals surface area contributed by atoms with Gasteiger partial charge in [0, 0.05) is 5.54 Å². The lowest BCUT2D eigenvalue weighted by molar-refractivity contribution is 0.339. The summed E-state index contributed by atoms with van der Waals surface area (Å²) in [6.07, 6.45) is 8.04. The molecule has 1 aliphatic heterocycles. The van der Waals surface area contributed by atoms with Gasteiger partial charge in [0.25, 0.3) is 0 Å². The maximum Gasteiger partial charge on any atom is 0.0157 e. The standard InChI is InChI=1S/C10H19NS/c11-10(4-1-2-5-10)7-9-3-6-12-8-9/h9H,1-8,11H2. The zero-order valence-electron chi connectivity index (χ0n) is 7.72. The summed E-state index contributed by atoms with van der Waals surface area (Å²) in [5, 5.41) is 0. The summed E-state index contributed by atoms with van der Waals surface area (Å²) in [5.74, 6) is 3.69. The number of hydrogen-bond donors (Lipinski definition) is 1. The van der Waals surface area contributed by atoms with Crippen LogP contribution in [0, 0.1) is 5.92 Å². The van der Waals surface area contributed by atoms with E-state index in [1.165, 1.54) is 50.0 Å². The molecular formula is C10H19NS. The molecule has 1 saturated heterocycles. The van der Waals surface area contributed by atoms with E-state index in [1.807, 2.05) is 0 Å². The summed E-state index contributed by atoms with van der Waals surface area (Å²) in [6.45, 7) is 0. The maximum atomic E-state index is 6.33. The van der Waals surface area contributed by atoms with Crippen LogP contribution in [0.2, 0.25) is 0 Å². The average Bonchev–Trinajstić information content (AvgIpc) is 2.62. The van der Waals surface area contributed by atoms with Gasteiger partial charge in [0.05, 0.1) is 0 Å². The normalized spacial score (nSPS) is 34.2. The number of nitrogens with two attached hydrogens (primary N) is 1. The van der Waals surface area contributed by atoms with E-state index in [9.17, 15) is 0 Å². The van der Waals surface area contributed by atoms with Crippen molar-refractivity contribution in [3.8, 4) is 0 Å². The molecule has 2 rings (SSSR count).